The lowest BCUT2D eigenvalue weighted by Crippen LogP contribution is -2.37. The van der Waals surface area contributed by atoms with Crippen molar-refractivity contribution >= 4 is 22.9 Å². The summed E-state index contributed by atoms with van der Waals surface area (Å²) in [6, 6.07) is 2.33. The van der Waals surface area contributed by atoms with E-state index < -0.39 is 11.6 Å². The topological polar surface area (TPSA) is 38.5 Å². The number of nitrogens with zero attached hydrogens (tertiary/aromatic N) is 1. The van der Waals surface area contributed by atoms with Gasteiger partial charge in [-0.1, -0.05) is 12.2 Å². The molecule has 17 heavy (non-hydrogen) atoms. The van der Waals surface area contributed by atoms with Crippen molar-refractivity contribution in [3.63, 3.8) is 0 Å². The summed E-state index contributed by atoms with van der Waals surface area (Å²) >= 11 is 4.69. The fourth-order valence-electron chi connectivity index (χ4n) is 1.80. The fraction of sp³-hybridized carbons (Fsp3) is 0.364. The summed E-state index contributed by atoms with van der Waals surface area (Å²) in [5.74, 6) is -1.29. The lowest BCUT2D eigenvalue weighted by Gasteiger charge is -2.29. The number of benzene rings is 1. The van der Waals surface area contributed by atoms with E-state index in [-0.39, 0.29) is 16.2 Å². The zero-order valence-corrected chi connectivity index (χ0v) is 9.90. The first-order chi connectivity index (χ1) is 8.09. The number of hydrogen-bond acceptors (Lipinski definition) is 3. The van der Waals surface area contributed by atoms with E-state index in [1.807, 2.05) is 0 Å². The Morgan fingerprint density at radius 1 is 1.24 bits per heavy atom. The predicted octanol–water partition coefficient (Wildman–Crippen LogP) is 1.44. The SMILES string of the molecule is NC(=S)c1cc(F)c(N2CCOCC2)c(F)c1. The van der Waals surface area contributed by atoms with Gasteiger partial charge in [0.2, 0.25) is 0 Å². The summed E-state index contributed by atoms with van der Waals surface area (Å²) in [6.45, 7) is 1.88. The molecule has 2 rings (SSSR count). The van der Waals surface area contributed by atoms with Crippen molar-refractivity contribution in [2.45, 2.75) is 0 Å². The molecule has 6 heteroatoms. The van der Waals surface area contributed by atoms with Crippen molar-refractivity contribution in [2.75, 3.05) is 31.2 Å². The quantitative estimate of drug-likeness (QED) is 0.815. The molecule has 0 aromatic heterocycles. The summed E-state index contributed by atoms with van der Waals surface area (Å²) < 4.78 is 32.8. The van der Waals surface area contributed by atoms with Crippen LogP contribution in [0, 0.1) is 11.6 Å². The van der Waals surface area contributed by atoms with Crippen molar-refractivity contribution in [3.8, 4) is 0 Å². The molecule has 1 heterocycles. The zero-order valence-electron chi connectivity index (χ0n) is 9.08. The Morgan fingerprint density at radius 3 is 2.24 bits per heavy atom. The standard InChI is InChI=1S/C11H12F2N2OS/c12-8-5-7(11(14)17)6-9(13)10(8)15-1-3-16-4-2-15/h5-6H,1-4H2,(H2,14,17). The van der Waals surface area contributed by atoms with Crippen molar-refractivity contribution in [3.05, 3.63) is 29.3 Å². The Balaban J connectivity index is 2.37. The van der Waals surface area contributed by atoms with Crippen LogP contribution in [0.15, 0.2) is 12.1 Å². The number of ether oxygens (including phenoxy) is 1. The second-order valence-corrected chi connectivity index (χ2v) is 4.19. The van der Waals surface area contributed by atoms with Crippen molar-refractivity contribution in [1.82, 2.24) is 0 Å². The fourth-order valence-corrected chi connectivity index (χ4v) is 1.91. The summed E-state index contributed by atoms with van der Waals surface area (Å²) in [5.41, 5.74) is 5.51. The number of nitrogens with two attached hydrogens (primary N) is 1. The molecule has 0 aliphatic carbocycles. The Morgan fingerprint density at radius 2 is 1.76 bits per heavy atom. The molecule has 0 saturated carbocycles. The minimum absolute atomic E-state index is 0.0173. The van der Waals surface area contributed by atoms with Gasteiger partial charge < -0.3 is 15.4 Å². The minimum atomic E-state index is -0.644. The smallest absolute Gasteiger partial charge is 0.150 e. The zero-order chi connectivity index (χ0) is 12.4. The Bertz CT molecular complexity index is 424. The van der Waals surface area contributed by atoms with Crippen LogP contribution in [0.2, 0.25) is 0 Å². The largest absolute Gasteiger partial charge is 0.389 e. The number of anilines is 1. The van der Waals surface area contributed by atoms with Gasteiger partial charge in [-0.05, 0) is 12.1 Å². The van der Waals surface area contributed by atoms with Crippen LogP contribution in [0.1, 0.15) is 5.56 Å². The highest BCUT2D eigenvalue weighted by Crippen LogP contribution is 2.25. The molecule has 0 unspecified atom stereocenters. The molecular weight excluding hydrogens is 246 g/mol. The average molecular weight is 258 g/mol. The summed E-state index contributed by atoms with van der Waals surface area (Å²) in [7, 11) is 0. The van der Waals surface area contributed by atoms with E-state index in [1.165, 1.54) is 0 Å². The summed E-state index contributed by atoms with van der Waals surface area (Å²) in [5, 5.41) is 0. The maximum atomic E-state index is 13.8. The van der Waals surface area contributed by atoms with Gasteiger partial charge >= 0.3 is 0 Å². The third-order valence-electron chi connectivity index (χ3n) is 2.63. The Hall–Kier alpha value is -1.27. The number of halogens is 2. The average Bonchev–Trinajstić information content (AvgIpc) is 2.29. The normalized spacial score (nSPS) is 16.0. The summed E-state index contributed by atoms with van der Waals surface area (Å²) in [6.07, 6.45) is 0. The first-order valence-corrected chi connectivity index (χ1v) is 5.62. The van der Waals surface area contributed by atoms with Gasteiger partial charge in [0.15, 0.2) is 0 Å². The van der Waals surface area contributed by atoms with Crippen LogP contribution in [0.5, 0.6) is 0 Å². The molecule has 2 N–H and O–H groups in total. The van der Waals surface area contributed by atoms with Gasteiger partial charge in [-0.2, -0.15) is 0 Å². The van der Waals surface area contributed by atoms with Crippen molar-refractivity contribution in [2.24, 2.45) is 5.73 Å². The predicted molar refractivity (Wildman–Crippen MR) is 65.3 cm³/mol. The molecule has 0 amide bonds. The molecule has 1 aliphatic rings. The maximum Gasteiger partial charge on any atom is 0.150 e. The molecule has 1 aliphatic heterocycles. The monoisotopic (exact) mass is 258 g/mol. The molecule has 1 aromatic rings. The van der Waals surface area contributed by atoms with E-state index in [0.29, 0.717) is 26.3 Å². The van der Waals surface area contributed by atoms with E-state index in [9.17, 15) is 8.78 Å². The lowest BCUT2D eigenvalue weighted by atomic mass is 10.1. The second-order valence-electron chi connectivity index (χ2n) is 3.75. The minimum Gasteiger partial charge on any atom is -0.389 e. The molecule has 1 fully saturated rings. The number of hydrogen-bond donors (Lipinski definition) is 1. The first kappa shape index (κ1) is 12.2. The van der Waals surface area contributed by atoms with Crippen LogP contribution >= 0.6 is 12.2 Å². The van der Waals surface area contributed by atoms with Gasteiger partial charge in [0.1, 0.15) is 22.3 Å². The van der Waals surface area contributed by atoms with Gasteiger partial charge in [0, 0.05) is 18.7 Å². The molecule has 0 atom stereocenters. The van der Waals surface area contributed by atoms with Crippen LogP contribution < -0.4 is 10.6 Å². The van der Waals surface area contributed by atoms with Crippen molar-refractivity contribution < 1.29 is 13.5 Å². The molecule has 0 spiro atoms. The van der Waals surface area contributed by atoms with E-state index in [4.69, 9.17) is 22.7 Å². The summed E-state index contributed by atoms with van der Waals surface area (Å²) in [4.78, 5) is 1.61. The van der Waals surface area contributed by atoms with Gasteiger partial charge in [-0.25, -0.2) is 8.78 Å². The molecule has 3 nitrogen and oxygen atoms in total. The number of rotatable bonds is 2. The highest BCUT2D eigenvalue weighted by atomic mass is 32.1. The van der Waals surface area contributed by atoms with Gasteiger partial charge in [0.05, 0.1) is 13.2 Å². The molecule has 1 aromatic carbocycles. The van der Waals surface area contributed by atoms with E-state index in [0.717, 1.165) is 12.1 Å². The second kappa shape index (κ2) is 4.93. The third kappa shape index (κ3) is 2.53. The molecule has 0 bridgehead atoms. The van der Waals surface area contributed by atoms with Crippen LogP contribution in [-0.4, -0.2) is 31.3 Å². The molecule has 92 valence electrons. The van der Waals surface area contributed by atoms with Gasteiger partial charge in [-0.3, -0.25) is 0 Å². The van der Waals surface area contributed by atoms with Crippen LogP contribution in [0.25, 0.3) is 0 Å². The highest BCUT2D eigenvalue weighted by molar-refractivity contribution is 7.80. The van der Waals surface area contributed by atoms with Crippen LogP contribution in [0.4, 0.5) is 14.5 Å². The molecule has 0 radical (unpaired) electrons. The van der Waals surface area contributed by atoms with E-state index >= 15 is 0 Å². The van der Waals surface area contributed by atoms with Gasteiger partial charge in [-0.15, -0.1) is 0 Å². The Kier molecular flexibility index (Phi) is 3.54. The van der Waals surface area contributed by atoms with E-state index in [2.05, 4.69) is 0 Å². The van der Waals surface area contributed by atoms with Crippen LogP contribution in [0.3, 0.4) is 0 Å². The molecule has 1 saturated heterocycles. The van der Waals surface area contributed by atoms with Crippen molar-refractivity contribution in [1.29, 1.82) is 0 Å². The van der Waals surface area contributed by atoms with Crippen LogP contribution in [-0.2, 0) is 4.74 Å². The number of morpholine rings is 1. The number of thiocarbonyl (C=S) groups is 1. The lowest BCUT2D eigenvalue weighted by molar-refractivity contribution is 0.122. The maximum absolute atomic E-state index is 13.8. The first-order valence-electron chi connectivity index (χ1n) is 5.21. The Labute approximate surface area is 103 Å². The van der Waals surface area contributed by atoms with Gasteiger partial charge in [0.25, 0.3) is 0 Å². The highest BCUT2D eigenvalue weighted by Gasteiger charge is 2.20. The van der Waals surface area contributed by atoms with E-state index in [1.54, 1.807) is 4.90 Å². The third-order valence-corrected chi connectivity index (χ3v) is 2.86. The molecular formula is C11H12F2N2OS.